The van der Waals surface area contributed by atoms with Crippen molar-refractivity contribution in [1.29, 1.82) is 0 Å². The van der Waals surface area contributed by atoms with E-state index in [0.29, 0.717) is 34.9 Å². The maximum Gasteiger partial charge on any atom is 0.164 e. The molecule has 3 aromatic heterocycles. The van der Waals surface area contributed by atoms with Gasteiger partial charge in [-0.1, -0.05) is 196 Å². The highest BCUT2D eigenvalue weighted by Gasteiger charge is 2.36. The molecule has 0 spiro atoms. The minimum Gasteiger partial charge on any atom is -0.309 e. The van der Waals surface area contributed by atoms with E-state index >= 15 is 0 Å². The van der Waals surface area contributed by atoms with Crippen molar-refractivity contribution in [1.82, 2.24) is 34.5 Å². The number of aromatic nitrogens is 7. The molecule has 0 radical (unpaired) electrons. The molecule has 12 aromatic rings. The van der Waals surface area contributed by atoms with Gasteiger partial charge in [0.2, 0.25) is 0 Å². The average molecular weight is 898 g/mol. The summed E-state index contributed by atoms with van der Waals surface area (Å²) in [6.07, 6.45) is 0. The lowest BCUT2D eigenvalue weighted by Crippen LogP contribution is -2.26. The number of hydrogen-bond acceptors (Lipinski definition) is 6. The van der Waals surface area contributed by atoms with Gasteiger partial charge in [-0.25, -0.2) is 29.9 Å². The molecule has 0 unspecified atom stereocenters. The highest BCUT2D eigenvalue weighted by Crippen LogP contribution is 2.50. The Balaban J connectivity index is 0.942. The second kappa shape index (κ2) is 16.5. The van der Waals surface area contributed by atoms with Gasteiger partial charge in [-0.2, -0.15) is 0 Å². The molecule has 0 aliphatic carbocycles. The lowest BCUT2D eigenvalue weighted by Gasteiger charge is -2.35. The van der Waals surface area contributed by atoms with E-state index in [9.17, 15) is 0 Å². The standard InChI is InChI=1S/C63H43N7/c1-63(2)52-38-48(62-67-57(42-20-9-4-10-21-42)64-58(68-62)43-22-11-5-12-23-43)34-35-55(52)70-54-29-16-15-28-50(54)51-37-49(39-53(63)56(51)70)46-26-17-27-47(36-46)61-66-59(44-24-13-6-14-25-44)65-60(69-61)45-32-30-41(31-33-45)40-18-7-3-8-19-40/h3-39H,1-2H3. The van der Waals surface area contributed by atoms with Crippen LogP contribution >= 0.6 is 0 Å². The molecule has 1 aliphatic heterocycles. The quantitative estimate of drug-likeness (QED) is 0.151. The van der Waals surface area contributed by atoms with Crippen molar-refractivity contribution in [3.63, 3.8) is 0 Å². The fourth-order valence-electron chi connectivity index (χ4n) is 10.1. The molecule has 9 aromatic carbocycles. The van der Waals surface area contributed by atoms with Gasteiger partial charge >= 0.3 is 0 Å². The van der Waals surface area contributed by atoms with E-state index in [1.807, 2.05) is 97.1 Å². The van der Waals surface area contributed by atoms with Crippen molar-refractivity contribution < 1.29 is 0 Å². The molecule has 13 rings (SSSR count). The van der Waals surface area contributed by atoms with Crippen molar-refractivity contribution in [2.24, 2.45) is 0 Å². The normalized spacial score (nSPS) is 12.5. The third-order valence-electron chi connectivity index (χ3n) is 13.7. The third-order valence-corrected chi connectivity index (χ3v) is 13.7. The van der Waals surface area contributed by atoms with E-state index in [4.69, 9.17) is 29.9 Å². The van der Waals surface area contributed by atoms with Gasteiger partial charge in [0.05, 0.1) is 16.7 Å². The predicted molar refractivity (Wildman–Crippen MR) is 283 cm³/mol. The van der Waals surface area contributed by atoms with Crippen LogP contribution < -0.4 is 0 Å². The lowest BCUT2D eigenvalue weighted by atomic mass is 9.73. The fraction of sp³-hybridized carbons (Fsp3) is 0.0476. The monoisotopic (exact) mass is 897 g/mol. The largest absolute Gasteiger partial charge is 0.309 e. The molecule has 330 valence electrons. The molecule has 0 fully saturated rings. The van der Waals surface area contributed by atoms with Gasteiger partial charge < -0.3 is 4.57 Å². The Hall–Kier alpha value is -9.20. The number of nitrogens with zero attached hydrogens (tertiary/aromatic N) is 7. The van der Waals surface area contributed by atoms with Crippen LogP contribution in [0.3, 0.4) is 0 Å². The van der Waals surface area contributed by atoms with Crippen LogP contribution in [0, 0.1) is 0 Å². The first kappa shape index (κ1) is 41.0. The van der Waals surface area contributed by atoms with Crippen LogP contribution in [-0.4, -0.2) is 34.5 Å². The minimum atomic E-state index is -0.414. The van der Waals surface area contributed by atoms with Crippen molar-refractivity contribution in [2.75, 3.05) is 0 Å². The van der Waals surface area contributed by atoms with Crippen LogP contribution in [0.15, 0.2) is 224 Å². The first-order valence-electron chi connectivity index (χ1n) is 23.6. The molecule has 0 saturated carbocycles. The van der Waals surface area contributed by atoms with E-state index in [1.54, 1.807) is 0 Å². The van der Waals surface area contributed by atoms with Gasteiger partial charge in [-0.15, -0.1) is 0 Å². The van der Waals surface area contributed by atoms with Crippen LogP contribution in [0.1, 0.15) is 25.0 Å². The van der Waals surface area contributed by atoms with Gasteiger partial charge in [0.1, 0.15) is 0 Å². The second-order valence-electron chi connectivity index (χ2n) is 18.4. The average Bonchev–Trinajstić information content (AvgIpc) is 3.77. The van der Waals surface area contributed by atoms with Crippen LogP contribution in [0.4, 0.5) is 0 Å². The van der Waals surface area contributed by atoms with E-state index < -0.39 is 5.41 Å². The maximum absolute atomic E-state index is 5.16. The highest BCUT2D eigenvalue weighted by molar-refractivity contribution is 6.13. The SMILES string of the molecule is CC1(C)c2cc(-c3nc(-c4ccccc4)nc(-c4ccccc4)n3)ccc2-n2c3ccccc3c3cc(-c4cccc(-c5nc(-c6ccccc6)nc(-c6ccc(-c7ccccc7)cc6)n5)c4)cc1c32. The number of para-hydroxylation sites is 1. The second-order valence-corrected chi connectivity index (χ2v) is 18.4. The third kappa shape index (κ3) is 7.06. The summed E-state index contributed by atoms with van der Waals surface area (Å²) in [5.74, 6) is 3.77. The molecule has 0 amide bonds. The van der Waals surface area contributed by atoms with Crippen molar-refractivity contribution in [3.8, 4) is 96.3 Å². The first-order chi connectivity index (χ1) is 34.4. The minimum absolute atomic E-state index is 0.414. The Morgan fingerprint density at radius 2 is 0.671 bits per heavy atom. The van der Waals surface area contributed by atoms with Gasteiger partial charge in [-0.3, -0.25) is 0 Å². The van der Waals surface area contributed by atoms with E-state index in [2.05, 4.69) is 146 Å². The number of benzene rings is 9. The number of rotatable bonds is 8. The zero-order valence-electron chi connectivity index (χ0n) is 38.5. The lowest BCUT2D eigenvalue weighted by molar-refractivity contribution is 0.630. The summed E-state index contributed by atoms with van der Waals surface area (Å²) < 4.78 is 2.45. The van der Waals surface area contributed by atoms with Crippen LogP contribution in [0.25, 0.3) is 118 Å². The Bertz CT molecular complexity index is 3880. The molecule has 7 nitrogen and oxygen atoms in total. The zero-order chi connectivity index (χ0) is 46.8. The molecule has 0 bridgehead atoms. The van der Waals surface area contributed by atoms with Gasteiger partial charge in [-0.05, 0) is 75.8 Å². The van der Waals surface area contributed by atoms with Crippen LogP contribution in [-0.2, 0) is 5.41 Å². The molecule has 70 heavy (non-hydrogen) atoms. The molecular weight excluding hydrogens is 855 g/mol. The Morgan fingerprint density at radius 3 is 1.23 bits per heavy atom. The summed E-state index contributed by atoms with van der Waals surface area (Å²) in [4.78, 5) is 30.5. The highest BCUT2D eigenvalue weighted by atomic mass is 15.0. The summed E-state index contributed by atoms with van der Waals surface area (Å²) in [5, 5.41) is 2.41. The van der Waals surface area contributed by atoms with Gasteiger partial charge in [0, 0.05) is 49.6 Å². The van der Waals surface area contributed by atoms with E-state index in [1.165, 1.54) is 27.4 Å². The Kier molecular flexibility index (Phi) is 9.69. The topological polar surface area (TPSA) is 82.3 Å². The molecule has 0 atom stereocenters. The van der Waals surface area contributed by atoms with E-state index in [-0.39, 0.29) is 0 Å². The van der Waals surface area contributed by atoms with Crippen molar-refractivity contribution in [2.45, 2.75) is 19.3 Å². The molecule has 0 saturated heterocycles. The summed E-state index contributed by atoms with van der Waals surface area (Å²) in [6.45, 7) is 4.68. The smallest absolute Gasteiger partial charge is 0.164 e. The fourth-order valence-corrected chi connectivity index (χ4v) is 10.1. The van der Waals surface area contributed by atoms with Crippen molar-refractivity contribution >= 4 is 21.8 Å². The maximum atomic E-state index is 5.16. The molecule has 7 heteroatoms. The summed E-state index contributed by atoms with van der Waals surface area (Å²) in [6, 6.07) is 78.1. The van der Waals surface area contributed by atoms with Crippen LogP contribution in [0.5, 0.6) is 0 Å². The molecule has 4 heterocycles. The molecule has 1 aliphatic rings. The van der Waals surface area contributed by atoms with Gasteiger partial charge in [0.15, 0.2) is 34.9 Å². The predicted octanol–water partition coefficient (Wildman–Crippen LogP) is 15.1. The summed E-state index contributed by atoms with van der Waals surface area (Å²) in [7, 11) is 0. The molecule has 0 N–H and O–H groups in total. The van der Waals surface area contributed by atoms with Crippen LogP contribution in [0.2, 0.25) is 0 Å². The number of hydrogen-bond donors (Lipinski definition) is 0. The Labute approximate surface area is 405 Å². The van der Waals surface area contributed by atoms with Gasteiger partial charge in [0.25, 0.3) is 0 Å². The first-order valence-corrected chi connectivity index (χ1v) is 23.6. The zero-order valence-corrected chi connectivity index (χ0v) is 38.5. The summed E-state index contributed by atoms with van der Waals surface area (Å²) >= 11 is 0. The van der Waals surface area contributed by atoms with Crippen molar-refractivity contribution in [3.05, 3.63) is 236 Å². The number of fused-ring (bicyclic) bond motifs is 5. The molecular formula is C63H43N7. The Morgan fingerprint density at radius 1 is 0.286 bits per heavy atom. The summed E-state index contributed by atoms with van der Waals surface area (Å²) in [5.41, 5.74) is 15.6. The van der Waals surface area contributed by atoms with E-state index in [0.717, 1.165) is 66.8 Å².